The molecule has 0 aliphatic heterocycles. The van der Waals surface area contributed by atoms with Gasteiger partial charge in [0.15, 0.2) is 0 Å². The lowest BCUT2D eigenvalue weighted by Crippen LogP contribution is -2.33. The summed E-state index contributed by atoms with van der Waals surface area (Å²) in [6.45, 7) is 2.59. The number of aromatic nitrogens is 3. The van der Waals surface area contributed by atoms with Crippen LogP contribution in [0.25, 0.3) is 22.4 Å². The van der Waals surface area contributed by atoms with Crippen molar-refractivity contribution in [3.05, 3.63) is 82.7 Å². The molecule has 2 aromatic carbocycles. The van der Waals surface area contributed by atoms with Crippen LogP contribution in [0.3, 0.4) is 0 Å². The van der Waals surface area contributed by atoms with Crippen LogP contribution in [0.4, 0.5) is 0 Å². The number of hydrogen-bond donors (Lipinski definition) is 1. The molecule has 1 amide bonds. The number of para-hydroxylation sites is 1. The first-order valence-electron chi connectivity index (χ1n) is 9.39. The number of nitrogens with one attached hydrogen (secondary N) is 1. The lowest BCUT2D eigenvalue weighted by atomic mass is 10.2. The smallest absolute Gasteiger partial charge is 0.258 e. The molecule has 29 heavy (non-hydrogen) atoms. The summed E-state index contributed by atoms with van der Waals surface area (Å²) in [5.41, 5.74) is 1.82. The van der Waals surface area contributed by atoms with Crippen molar-refractivity contribution in [2.75, 3.05) is 6.54 Å². The van der Waals surface area contributed by atoms with Crippen molar-refractivity contribution in [1.82, 2.24) is 19.9 Å². The SMILES string of the molecule is CCN(Cc1nc2ccccc2c(=O)[nH]1)C(=O)Cc1coc(-c2ccccc2)n1. The van der Waals surface area contributed by atoms with E-state index in [-0.39, 0.29) is 24.4 Å². The Bertz CT molecular complexity index is 1200. The largest absolute Gasteiger partial charge is 0.444 e. The van der Waals surface area contributed by atoms with E-state index in [2.05, 4.69) is 15.0 Å². The normalized spacial score (nSPS) is 10.9. The molecule has 7 nitrogen and oxygen atoms in total. The molecule has 0 unspecified atom stereocenters. The molecular formula is C22H20N4O3. The highest BCUT2D eigenvalue weighted by molar-refractivity contribution is 5.79. The Hall–Kier alpha value is -3.74. The van der Waals surface area contributed by atoms with Crippen molar-refractivity contribution in [2.24, 2.45) is 0 Å². The van der Waals surface area contributed by atoms with Crippen LogP contribution in [0, 0.1) is 0 Å². The number of H-pyrrole nitrogens is 1. The first-order chi connectivity index (χ1) is 14.1. The number of likely N-dealkylation sites (N-methyl/N-ethyl adjacent to an activating group) is 1. The zero-order chi connectivity index (χ0) is 20.2. The van der Waals surface area contributed by atoms with Gasteiger partial charge in [0.2, 0.25) is 11.8 Å². The van der Waals surface area contributed by atoms with Gasteiger partial charge in [-0.15, -0.1) is 0 Å². The van der Waals surface area contributed by atoms with Gasteiger partial charge in [0.1, 0.15) is 12.1 Å². The van der Waals surface area contributed by atoms with E-state index in [1.54, 1.807) is 23.1 Å². The summed E-state index contributed by atoms with van der Waals surface area (Å²) in [7, 11) is 0. The van der Waals surface area contributed by atoms with Gasteiger partial charge < -0.3 is 14.3 Å². The fourth-order valence-corrected chi connectivity index (χ4v) is 3.14. The summed E-state index contributed by atoms with van der Waals surface area (Å²) in [6, 6.07) is 16.7. The van der Waals surface area contributed by atoms with Crippen molar-refractivity contribution in [1.29, 1.82) is 0 Å². The van der Waals surface area contributed by atoms with Crippen LogP contribution in [0.15, 0.2) is 70.1 Å². The molecule has 146 valence electrons. The molecule has 0 aliphatic rings. The molecule has 0 fully saturated rings. The zero-order valence-corrected chi connectivity index (χ0v) is 16.0. The quantitative estimate of drug-likeness (QED) is 0.548. The average molecular weight is 388 g/mol. The molecule has 0 radical (unpaired) electrons. The molecule has 4 rings (SSSR count). The molecule has 0 saturated carbocycles. The second-order valence-electron chi connectivity index (χ2n) is 6.62. The molecule has 7 heteroatoms. The molecule has 0 saturated heterocycles. The highest BCUT2D eigenvalue weighted by Crippen LogP contribution is 2.18. The number of rotatable bonds is 6. The van der Waals surface area contributed by atoms with Crippen LogP contribution < -0.4 is 5.56 Å². The minimum Gasteiger partial charge on any atom is -0.444 e. The van der Waals surface area contributed by atoms with Gasteiger partial charge >= 0.3 is 0 Å². The molecule has 1 N–H and O–H groups in total. The van der Waals surface area contributed by atoms with Gasteiger partial charge in [-0.1, -0.05) is 30.3 Å². The van der Waals surface area contributed by atoms with E-state index in [1.165, 1.54) is 6.26 Å². The highest BCUT2D eigenvalue weighted by atomic mass is 16.3. The fourth-order valence-electron chi connectivity index (χ4n) is 3.14. The van der Waals surface area contributed by atoms with Gasteiger partial charge in [-0.25, -0.2) is 9.97 Å². The third-order valence-electron chi connectivity index (χ3n) is 4.64. The highest BCUT2D eigenvalue weighted by Gasteiger charge is 2.17. The van der Waals surface area contributed by atoms with Gasteiger partial charge in [0.25, 0.3) is 5.56 Å². The molecule has 2 heterocycles. The number of fused-ring (bicyclic) bond motifs is 1. The first kappa shape index (κ1) is 18.6. The predicted molar refractivity (Wildman–Crippen MR) is 109 cm³/mol. The third kappa shape index (κ3) is 4.08. The van der Waals surface area contributed by atoms with Crippen molar-refractivity contribution in [3.8, 4) is 11.5 Å². The summed E-state index contributed by atoms with van der Waals surface area (Å²) in [6.07, 6.45) is 1.62. The monoisotopic (exact) mass is 388 g/mol. The van der Waals surface area contributed by atoms with Crippen molar-refractivity contribution < 1.29 is 9.21 Å². The van der Waals surface area contributed by atoms with Crippen molar-refractivity contribution in [3.63, 3.8) is 0 Å². The number of benzene rings is 2. The maximum absolute atomic E-state index is 12.8. The second-order valence-corrected chi connectivity index (χ2v) is 6.62. The molecule has 0 aliphatic carbocycles. The third-order valence-corrected chi connectivity index (χ3v) is 4.64. The first-order valence-corrected chi connectivity index (χ1v) is 9.39. The van der Waals surface area contributed by atoms with Gasteiger partial charge in [-0.2, -0.15) is 0 Å². The van der Waals surface area contributed by atoms with Gasteiger partial charge in [-0.3, -0.25) is 9.59 Å². The van der Waals surface area contributed by atoms with E-state index in [4.69, 9.17) is 4.42 Å². The molecule has 4 aromatic rings. The minimum absolute atomic E-state index is 0.113. The van der Waals surface area contributed by atoms with Crippen LogP contribution >= 0.6 is 0 Å². The predicted octanol–water partition coefficient (Wildman–Crippen LogP) is 3.17. The summed E-state index contributed by atoms with van der Waals surface area (Å²) in [5, 5.41) is 0.529. The number of carbonyl (C=O) groups excluding carboxylic acids is 1. The number of oxazole rings is 1. The number of nitrogens with zero attached hydrogens (tertiary/aromatic N) is 3. The Kier molecular flexibility index (Phi) is 5.20. The number of amides is 1. The van der Waals surface area contributed by atoms with Crippen molar-refractivity contribution >= 4 is 16.8 Å². The number of aromatic amines is 1. The van der Waals surface area contributed by atoms with Gasteiger partial charge in [-0.05, 0) is 31.2 Å². The molecule has 0 spiro atoms. The standard InChI is InChI=1S/C22H20N4O3/c1-2-26(13-19-24-18-11-7-6-10-17(18)21(28)25-19)20(27)12-16-14-29-22(23-16)15-8-4-3-5-9-15/h3-11,14H,2,12-13H2,1H3,(H,24,25,28). The van der Waals surface area contributed by atoms with E-state index in [1.807, 2.05) is 43.3 Å². The minimum atomic E-state index is -0.210. The van der Waals surface area contributed by atoms with E-state index in [0.717, 1.165) is 5.56 Å². The Morgan fingerprint density at radius 1 is 1.07 bits per heavy atom. The number of hydrogen-bond acceptors (Lipinski definition) is 5. The van der Waals surface area contributed by atoms with E-state index in [9.17, 15) is 9.59 Å². The summed E-state index contributed by atoms with van der Waals surface area (Å²) in [5.74, 6) is 0.822. The van der Waals surface area contributed by atoms with E-state index >= 15 is 0 Å². The van der Waals surface area contributed by atoms with E-state index in [0.29, 0.717) is 34.9 Å². The van der Waals surface area contributed by atoms with Crippen LogP contribution in [0.1, 0.15) is 18.4 Å². The van der Waals surface area contributed by atoms with Crippen molar-refractivity contribution in [2.45, 2.75) is 19.9 Å². The summed E-state index contributed by atoms with van der Waals surface area (Å²) in [4.78, 5) is 38.3. The average Bonchev–Trinajstić information content (AvgIpc) is 3.21. The van der Waals surface area contributed by atoms with E-state index < -0.39 is 0 Å². The van der Waals surface area contributed by atoms with Crippen LogP contribution in [-0.2, 0) is 17.8 Å². The Labute approximate surface area is 167 Å². The fraction of sp³-hybridized carbons (Fsp3) is 0.182. The summed E-state index contributed by atoms with van der Waals surface area (Å²) >= 11 is 0. The molecular weight excluding hydrogens is 368 g/mol. The lowest BCUT2D eigenvalue weighted by Gasteiger charge is -2.19. The zero-order valence-electron chi connectivity index (χ0n) is 16.0. The molecule has 2 aromatic heterocycles. The molecule has 0 bridgehead atoms. The van der Waals surface area contributed by atoms with Gasteiger partial charge in [0, 0.05) is 12.1 Å². The van der Waals surface area contributed by atoms with Crippen LogP contribution in [0.5, 0.6) is 0 Å². The lowest BCUT2D eigenvalue weighted by molar-refractivity contribution is -0.131. The second kappa shape index (κ2) is 8.10. The van der Waals surface area contributed by atoms with Gasteiger partial charge in [0.05, 0.1) is 29.6 Å². The topological polar surface area (TPSA) is 92.1 Å². The maximum atomic E-state index is 12.8. The summed E-state index contributed by atoms with van der Waals surface area (Å²) < 4.78 is 5.51. The number of carbonyl (C=O) groups is 1. The Morgan fingerprint density at radius 3 is 2.62 bits per heavy atom. The molecule has 0 atom stereocenters. The van der Waals surface area contributed by atoms with Crippen LogP contribution in [-0.4, -0.2) is 32.3 Å². The maximum Gasteiger partial charge on any atom is 0.258 e. The Morgan fingerprint density at radius 2 is 1.83 bits per heavy atom. The van der Waals surface area contributed by atoms with Crippen LogP contribution in [0.2, 0.25) is 0 Å². The Balaban J connectivity index is 1.49.